The summed E-state index contributed by atoms with van der Waals surface area (Å²) >= 11 is 0. The number of aliphatic hydroxyl groups is 1. The molecule has 1 saturated heterocycles. The van der Waals surface area contributed by atoms with Gasteiger partial charge in [0.25, 0.3) is 5.69 Å². The monoisotopic (exact) mass is 222 g/mol. The van der Waals surface area contributed by atoms with E-state index in [1.807, 2.05) is 0 Å². The van der Waals surface area contributed by atoms with Crippen LogP contribution in [-0.2, 0) is 6.42 Å². The quantitative estimate of drug-likeness (QED) is 0.585. The predicted molar refractivity (Wildman–Crippen MR) is 59.4 cm³/mol. The van der Waals surface area contributed by atoms with Gasteiger partial charge in [-0.3, -0.25) is 10.1 Å². The molecule has 0 saturated carbocycles. The molecule has 1 aromatic carbocycles. The fraction of sp³-hybridized carbons (Fsp3) is 0.455. The third kappa shape index (κ3) is 2.05. The molecule has 1 heterocycles. The molecule has 5 heteroatoms. The van der Waals surface area contributed by atoms with E-state index in [1.165, 1.54) is 6.07 Å². The topological polar surface area (TPSA) is 75.4 Å². The summed E-state index contributed by atoms with van der Waals surface area (Å²) in [5.41, 5.74) is 1.02. The Kier molecular flexibility index (Phi) is 2.65. The molecule has 0 amide bonds. The highest BCUT2D eigenvalue weighted by Crippen LogP contribution is 2.23. The van der Waals surface area contributed by atoms with Crippen LogP contribution in [0.15, 0.2) is 18.2 Å². The van der Waals surface area contributed by atoms with Gasteiger partial charge >= 0.3 is 0 Å². The molecule has 0 atom stereocenters. The third-order valence-corrected chi connectivity index (χ3v) is 2.90. The van der Waals surface area contributed by atoms with Gasteiger partial charge in [0, 0.05) is 31.1 Å². The normalized spacial score (nSPS) is 17.9. The van der Waals surface area contributed by atoms with E-state index in [4.69, 9.17) is 0 Å². The average Bonchev–Trinajstić information content (AvgIpc) is 2.14. The Morgan fingerprint density at radius 1 is 1.56 bits per heavy atom. The molecule has 16 heavy (non-hydrogen) atoms. The summed E-state index contributed by atoms with van der Waals surface area (Å²) in [7, 11) is 0. The Morgan fingerprint density at radius 3 is 2.69 bits per heavy atom. The second-order valence-corrected chi connectivity index (χ2v) is 4.38. The van der Waals surface area contributed by atoms with Crippen molar-refractivity contribution in [1.82, 2.24) is 5.32 Å². The Bertz CT molecular complexity index is 427. The molecule has 0 aromatic heterocycles. The first kappa shape index (κ1) is 11.0. The SMILES string of the molecule is Cc1cc(CC2(O)CNC2)ccc1[N+](=O)[O-]. The lowest BCUT2D eigenvalue weighted by Crippen LogP contribution is -2.60. The van der Waals surface area contributed by atoms with Crippen LogP contribution in [0.2, 0.25) is 0 Å². The van der Waals surface area contributed by atoms with Gasteiger partial charge in [-0.1, -0.05) is 6.07 Å². The van der Waals surface area contributed by atoms with Gasteiger partial charge in [-0.25, -0.2) is 0 Å². The highest BCUT2D eigenvalue weighted by atomic mass is 16.6. The van der Waals surface area contributed by atoms with E-state index in [1.54, 1.807) is 19.1 Å². The third-order valence-electron chi connectivity index (χ3n) is 2.90. The van der Waals surface area contributed by atoms with E-state index >= 15 is 0 Å². The molecule has 0 unspecified atom stereocenters. The van der Waals surface area contributed by atoms with Crippen LogP contribution in [0.1, 0.15) is 11.1 Å². The van der Waals surface area contributed by atoms with Crippen LogP contribution in [0.3, 0.4) is 0 Å². The lowest BCUT2D eigenvalue weighted by atomic mass is 9.88. The number of rotatable bonds is 3. The van der Waals surface area contributed by atoms with Gasteiger partial charge in [0.1, 0.15) is 0 Å². The smallest absolute Gasteiger partial charge is 0.272 e. The number of nitro groups is 1. The van der Waals surface area contributed by atoms with Crippen LogP contribution in [0, 0.1) is 17.0 Å². The van der Waals surface area contributed by atoms with Gasteiger partial charge in [-0.2, -0.15) is 0 Å². The van der Waals surface area contributed by atoms with Crippen LogP contribution in [0.4, 0.5) is 5.69 Å². The van der Waals surface area contributed by atoms with Crippen molar-refractivity contribution in [3.63, 3.8) is 0 Å². The second kappa shape index (κ2) is 3.84. The van der Waals surface area contributed by atoms with E-state index in [9.17, 15) is 15.2 Å². The van der Waals surface area contributed by atoms with E-state index < -0.39 is 10.5 Å². The van der Waals surface area contributed by atoms with Crippen molar-refractivity contribution in [2.24, 2.45) is 0 Å². The molecule has 5 nitrogen and oxygen atoms in total. The van der Waals surface area contributed by atoms with E-state index in [2.05, 4.69) is 5.32 Å². The van der Waals surface area contributed by atoms with Gasteiger partial charge in [-0.15, -0.1) is 0 Å². The van der Waals surface area contributed by atoms with Crippen LogP contribution in [0.5, 0.6) is 0 Å². The Hall–Kier alpha value is -1.46. The fourth-order valence-electron chi connectivity index (χ4n) is 1.95. The minimum atomic E-state index is -0.678. The summed E-state index contributed by atoms with van der Waals surface area (Å²) in [5, 5.41) is 23.6. The minimum Gasteiger partial charge on any atom is -0.387 e. The molecule has 1 aliphatic rings. The number of nitrogens with one attached hydrogen (secondary N) is 1. The highest BCUT2D eigenvalue weighted by Gasteiger charge is 2.34. The van der Waals surface area contributed by atoms with Gasteiger partial charge in [0.2, 0.25) is 0 Å². The van der Waals surface area contributed by atoms with E-state index in [0.717, 1.165) is 5.56 Å². The highest BCUT2D eigenvalue weighted by molar-refractivity contribution is 5.42. The molecule has 0 radical (unpaired) electrons. The van der Waals surface area contributed by atoms with Gasteiger partial charge in [0.05, 0.1) is 10.5 Å². The van der Waals surface area contributed by atoms with Crippen molar-refractivity contribution in [3.8, 4) is 0 Å². The maximum absolute atomic E-state index is 10.6. The minimum absolute atomic E-state index is 0.127. The molecule has 0 bridgehead atoms. The van der Waals surface area contributed by atoms with Crippen LogP contribution in [0.25, 0.3) is 0 Å². The van der Waals surface area contributed by atoms with Crippen molar-refractivity contribution in [3.05, 3.63) is 39.4 Å². The first-order valence-corrected chi connectivity index (χ1v) is 5.17. The Labute approximate surface area is 93.2 Å². The summed E-state index contributed by atoms with van der Waals surface area (Å²) in [6.07, 6.45) is 0.541. The molecule has 0 aliphatic carbocycles. The summed E-state index contributed by atoms with van der Waals surface area (Å²) in [6, 6.07) is 4.98. The van der Waals surface area contributed by atoms with Crippen LogP contribution < -0.4 is 5.32 Å². The maximum Gasteiger partial charge on any atom is 0.272 e. The summed E-state index contributed by atoms with van der Waals surface area (Å²) in [6.45, 7) is 2.89. The molecule has 1 aliphatic heterocycles. The summed E-state index contributed by atoms with van der Waals surface area (Å²) < 4.78 is 0. The zero-order valence-corrected chi connectivity index (χ0v) is 9.06. The predicted octanol–water partition coefficient (Wildman–Crippen LogP) is 0.780. The number of nitro benzene ring substituents is 1. The Balaban J connectivity index is 2.18. The number of hydrogen-bond donors (Lipinski definition) is 2. The summed E-state index contributed by atoms with van der Waals surface area (Å²) in [5.74, 6) is 0. The molecular weight excluding hydrogens is 208 g/mol. The van der Waals surface area contributed by atoms with Crippen molar-refractivity contribution in [1.29, 1.82) is 0 Å². The van der Waals surface area contributed by atoms with Crippen LogP contribution >= 0.6 is 0 Å². The summed E-state index contributed by atoms with van der Waals surface area (Å²) in [4.78, 5) is 10.2. The molecule has 1 fully saturated rings. The van der Waals surface area contributed by atoms with Crippen molar-refractivity contribution in [2.45, 2.75) is 18.9 Å². The first-order valence-electron chi connectivity index (χ1n) is 5.17. The molecule has 0 spiro atoms. The zero-order valence-electron chi connectivity index (χ0n) is 9.06. The largest absolute Gasteiger partial charge is 0.387 e. The molecular formula is C11H14N2O3. The van der Waals surface area contributed by atoms with Crippen molar-refractivity contribution < 1.29 is 10.0 Å². The number of β-amino-alcohol motifs (C(OH)–C–C–N with tert-alkyl or cyclic N) is 1. The first-order chi connectivity index (χ1) is 7.50. The number of benzene rings is 1. The lowest BCUT2D eigenvalue weighted by molar-refractivity contribution is -0.385. The Morgan fingerprint density at radius 2 is 2.25 bits per heavy atom. The van der Waals surface area contributed by atoms with Crippen LogP contribution in [-0.4, -0.2) is 28.7 Å². The zero-order chi connectivity index (χ0) is 11.8. The van der Waals surface area contributed by atoms with Crippen molar-refractivity contribution in [2.75, 3.05) is 13.1 Å². The average molecular weight is 222 g/mol. The van der Waals surface area contributed by atoms with E-state index in [0.29, 0.717) is 25.1 Å². The van der Waals surface area contributed by atoms with Crippen molar-refractivity contribution >= 4 is 5.69 Å². The standard InChI is InChI=1S/C11H14N2O3/c1-8-4-9(2-3-10(8)13(15)16)5-11(14)6-12-7-11/h2-4,12,14H,5-7H2,1H3. The second-order valence-electron chi connectivity index (χ2n) is 4.38. The molecule has 1 aromatic rings. The maximum atomic E-state index is 10.6. The number of hydrogen-bond acceptors (Lipinski definition) is 4. The van der Waals surface area contributed by atoms with Gasteiger partial charge < -0.3 is 10.4 Å². The lowest BCUT2D eigenvalue weighted by Gasteiger charge is -2.37. The fourth-order valence-corrected chi connectivity index (χ4v) is 1.95. The molecule has 2 rings (SSSR count). The molecule has 86 valence electrons. The van der Waals surface area contributed by atoms with E-state index in [-0.39, 0.29) is 5.69 Å². The number of aryl methyl sites for hydroxylation is 1. The van der Waals surface area contributed by atoms with Gasteiger partial charge in [-0.05, 0) is 18.6 Å². The van der Waals surface area contributed by atoms with Gasteiger partial charge in [0.15, 0.2) is 0 Å². The molecule has 2 N–H and O–H groups in total. The number of nitrogens with zero attached hydrogens (tertiary/aromatic N) is 1.